The topological polar surface area (TPSA) is 374 Å². The van der Waals surface area contributed by atoms with Crippen LogP contribution >= 0.6 is 0 Å². The van der Waals surface area contributed by atoms with Crippen molar-refractivity contribution in [1.82, 2.24) is 0 Å². The summed E-state index contributed by atoms with van der Waals surface area (Å²) in [5.41, 5.74) is 0. The van der Waals surface area contributed by atoms with E-state index in [2.05, 4.69) is 9.88 Å². The van der Waals surface area contributed by atoms with Gasteiger partial charge in [-0.3, -0.25) is 0 Å². The van der Waals surface area contributed by atoms with Crippen molar-refractivity contribution in [3.8, 4) is 0 Å². The first-order chi connectivity index (χ1) is 21.2. The maximum absolute atomic E-state index is 5.75. The van der Waals surface area contributed by atoms with Crippen LogP contribution in [0.25, 0.3) is 0 Å². The SMILES string of the molecule is C[O][Al]1[O][Sn][O][Al]([O][Al]2[O][Sn][O][Al]([O][Al]3[O][Sn][O][Al]([O]C)[O]3)[O]2)[O]1.C[O][Al][O][Al][O][Al][O][Al][O][Al][O][Al][O]C.O.O.O.O.O.O.[CH3][Sn].[CH3][Sn].[Sn].[Sn]. The summed E-state index contributed by atoms with van der Waals surface area (Å²) in [6.07, 6.45) is 0. The van der Waals surface area contributed by atoms with Crippen molar-refractivity contribution in [2.45, 2.75) is 9.88 Å². The monoisotopic (exact) mass is 1680 g/mol. The van der Waals surface area contributed by atoms with E-state index in [1.165, 1.54) is 0 Å². The van der Waals surface area contributed by atoms with E-state index < -0.39 is 220 Å². The third-order valence-corrected chi connectivity index (χ3v) is 34.2. The first-order valence-corrected chi connectivity index (χ1v) is 37.8. The van der Waals surface area contributed by atoms with Gasteiger partial charge in [0.25, 0.3) is 0 Å². The van der Waals surface area contributed by atoms with Gasteiger partial charge in [0.05, 0.1) is 0 Å². The van der Waals surface area contributed by atoms with Gasteiger partial charge in [0, 0.05) is 62.0 Å². The molecule has 0 aromatic rings. The zero-order valence-electron chi connectivity index (χ0n) is 27.6. The second-order valence-electron chi connectivity index (χ2n) is 5.57. The molecule has 0 amide bonds. The predicted molar refractivity (Wildman–Crippen MR) is 188 cm³/mol. The third-order valence-electron chi connectivity index (χ3n) is 3.11. The van der Waals surface area contributed by atoms with E-state index in [-0.39, 0.29) is 112 Å². The molecule has 26 radical (unpaired) electrons. The van der Waals surface area contributed by atoms with Gasteiger partial charge in [-0.1, -0.05) is 0 Å². The molecule has 45 heteroatoms. The summed E-state index contributed by atoms with van der Waals surface area (Å²) < 4.78 is 106. The van der Waals surface area contributed by atoms with Crippen LogP contribution in [0.2, 0.25) is 9.88 Å². The van der Waals surface area contributed by atoms with E-state index in [1.807, 2.05) is 0 Å². The van der Waals surface area contributed by atoms with Gasteiger partial charge in [0.15, 0.2) is 0 Å². The fraction of sp³-hybridized carbons (Fsp3) is 1.00. The molecule has 0 aliphatic carbocycles. The second kappa shape index (κ2) is 65.2. The molecule has 12 N–H and O–H groups in total. The van der Waals surface area contributed by atoms with Crippen LogP contribution in [0, 0.1) is 0 Å². The molecule has 0 saturated carbocycles. The van der Waals surface area contributed by atoms with Gasteiger partial charge >= 0.3 is 356 Å². The quantitative estimate of drug-likeness (QED) is 0.0908. The van der Waals surface area contributed by atoms with Crippen LogP contribution in [-0.4, -0.2) is 406 Å². The molecular formula is C6H30Al12O26Sn7. The fourth-order valence-electron chi connectivity index (χ4n) is 1.74. The molecule has 3 heterocycles. The molecule has 3 saturated heterocycles. The Bertz CT molecular complexity index is 567. The summed E-state index contributed by atoms with van der Waals surface area (Å²) in [6, 6.07) is 0. The molecule has 26 nitrogen and oxygen atoms in total. The van der Waals surface area contributed by atoms with Crippen molar-refractivity contribution in [1.29, 1.82) is 0 Å². The summed E-state index contributed by atoms with van der Waals surface area (Å²) in [5.74, 6) is 0. The number of rotatable bonds is 18. The van der Waals surface area contributed by atoms with Gasteiger partial charge in [-0.2, -0.15) is 0 Å². The van der Waals surface area contributed by atoms with Crippen molar-refractivity contribution >= 4 is 345 Å². The first kappa shape index (κ1) is 82.1. The Labute approximate surface area is 462 Å². The zero-order chi connectivity index (χ0) is 32.0. The van der Waals surface area contributed by atoms with E-state index >= 15 is 0 Å². The molecule has 51 heavy (non-hydrogen) atoms. The summed E-state index contributed by atoms with van der Waals surface area (Å²) in [4.78, 5) is 4.18. The van der Waals surface area contributed by atoms with Crippen molar-refractivity contribution in [2.75, 3.05) is 28.4 Å². The standard InChI is InChI=1S/4CH3O.2CH3.12Al.6H2O.16O.7Sn/c4*1-2;;;;;;;;;;;;;;;;;;;;;;;;;;;;;;;;;;;;;;;;;;;/h4*1H3;2*1H3;;;;;;;;;;;;;6*1H2;;;;;;;;;;;;;;;;;;;;;;;/q4*-1;;;;;;;;;;;4*+1;;;;;;;;;;;;;;;;;;;;;;;;;;;;;. The van der Waals surface area contributed by atoms with Crippen LogP contribution in [0.3, 0.4) is 0 Å². The molecule has 0 aromatic carbocycles. The van der Waals surface area contributed by atoms with Crippen LogP contribution in [0.15, 0.2) is 0 Å². The molecule has 0 atom stereocenters. The van der Waals surface area contributed by atoms with Crippen molar-refractivity contribution < 1.29 is 89.2 Å². The molecule has 3 aliphatic rings. The van der Waals surface area contributed by atoms with Crippen molar-refractivity contribution in [3.05, 3.63) is 0 Å². The van der Waals surface area contributed by atoms with Crippen LogP contribution < -0.4 is 0 Å². The maximum atomic E-state index is 5.75. The average Bonchev–Trinajstić information content (AvgIpc) is 3.06. The van der Waals surface area contributed by atoms with Crippen LogP contribution in [0.4, 0.5) is 0 Å². The Morgan fingerprint density at radius 1 is 0.392 bits per heavy atom. The van der Waals surface area contributed by atoms with Gasteiger partial charge in [0.2, 0.25) is 0 Å². The van der Waals surface area contributed by atoms with Crippen molar-refractivity contribution in [3.63, 3.8) is 0 Å². The second-order valence-corrected chi connectivity index (χ2v) is 37.9. The van der Waals surface area contributed by atoms with E-state index in [9.17, 15) is 0 Å². The molecule has 3 aliphatic heterocycles. The van der Waals surface area contributed by atoms with E-state index in [0.29, 0.717) is 0 Å². The van der Waals surface area contributed by atoms with Gasteiger partial charge in [-0.15, -0.1) is 0 Å². The fourth-order valence-corrected chi connectivity index (χ4v) is 42.5. The Morgan fingerprint density at radius 2 is 0.608 bits per heavy atom. The van der Waals surface area contributed by atoms with Gasteiger partial charge < -0.3 is 54.6 Å². The molecule has 0 bridgehead atoms. The Morgan fingerprint density at radius 3 is 0.843 bits per heavy atom. The smallest absolute Gasteiger partial charge is 0 e. The maximum Gasteiger partial charge on any atom is 0 e. The van der Waals surface area contributed by atoms with Crippen LogP contribution in [0.1, 0.15) is 0 Å². The number of hydrogen-bond donors (Lipinski definition) is 0. The van der Waals surface area contributed by atoms with E-state index in [0.717, 1.165) is 0 Å². The minimum absolute atomic E-state index is 0. The predicted octanol–water partition coefficient (Wildman–Crippen LogP) is -11.7. The Hall–Kier alpha value is 10.9. The third kappa shape index (κ3) is 50.2. The molecule has 0 spiro atoms. The Balaban J connectivity index is -0.0000000836. The molecular weight excluding hydrogens is 1640 g/mol. The summed E-state index contributed by atoms with van der Waals surface area (Å²) in [7, 11) is 6.30. The van der Waals surface area contributed by atoms with Gasteiger partial charge in [-0.05, 0) is 0 Å². The summed E-state index contributed by atoms with van der Waals surface area (Å²) in [5, 5.41) is 0. The molecule has 3 fully saturated rings. The normalized spacial score (nSPS) is 13.9. The molecule has 0 aromatic heterocycles. The van der Waals surface area contributed by atoms with Crippen LogP contribution in [-0.2, 0) is 56.3 Å². The van der Waals surface area contributed by atoms with Gasteiger partial charge in [-0.25, -0.2) is 0 Å². The first-order valence-electron chi connectivity index (χ1n) is 10.9. The van der Waals surface area contributed by atoms with Gasteiger partial charge in [0.1, 0.15) is 0 Å². The number of hydrogen-bond acceptors (Lipinski definition) is 20. The minimum Gasteiger partial charge on any atom is 0 e. The van der Waals surface area contributed by atoms with Crippen molar-refractivity contribution in [2.24, 2.45) is 0 Å². The molecule has 0 unspecified atom stereocenters. The molecule has 3 rings (SSSR count). The Kier molecular flexibility index (Phi) is 105. The van der Waals surface area contributed by atoms with Crippen LogP contribution in [0.5, 0.6) is 0 Å². The molecule has 274 valence electrons. The van der Waals surface area contributed by atoms with E-state index in [4.69, 9.17) is 56.3 Å². The average molecular weight is 1670 g/mol. The largest absolute Gasteiger partial charge is 0 e. The minimum atomic E-state index is -2.38. The van der Waals surface area contributed by atoms with E-state index in [1.54, 1.807) is 73.5 Å². The zero-order valence-corrected chi connectivity index (χ0v) is 61.4. The summed E-state index contributed by atoms with van der Waals surface area (Å²) in [6.45, 7) is 0. The summed E-state index contributed by atoms with van der Waals surface area (Å²) >= 11 is -17.4.